The lowest BCUT2D eigenvalue weighted by atomic mass is 10.1. The number of thioether (sulfide) groups is 1. The highest BCUT2D eigenvalue weighted by Gasteiger charge is 2.37. The zero-order valence-electron chi connectivity index (χ0n) is 17.2. The highest BCUT2D eigenvalue weighted by atomic mass is 35.5. The van der Waals surface area contributed by atoms with Crippen molar-refractivity contribution >= 4 is 40.6 Å². The summed E-state index contributed by atoms with van der Waals surface area (Å²) in [6.45, 7) is 6.47. The molecule has 0 radical (unpaired) electrons. The number of hydrogen-bond acceptors (Lipinski definition) is 5. The highest BCUT2D eigenvalue weighted by molar-refractivity contribution is 8.18. The number of imide groups is 1. The van der Waals surface area contributed by atoms with Crippen LogP contribution in [0, 0.1) is 0 Å². The Bertz CT molecular complexity index is 961. The Balaban J connectivity index is 1.87. The molecule has 2 aromatic rings. The molecule has 1 aliphatic heterocycles. The molecule has 1 fully saturated rings. The van der Waals surface area contributed by atoms with E-state index < -0.39 is 0 Å². The normalized spacial score (nSPS) is 16.3. The summed E-state index contributed by atoms with van der Waals surface area (Å²) in [5.74, 6) is 0.665. The van der Waals surface area contributed by atoms with E-state index in [1.54, 1.807) is 18.2 Å². The van der Waals surface area contributed by atoms with Crippen LogP contribution in [0.15, 0.2) is 47.4 Å². The molecule has 0 bridgehead atoms. The number of rotatable bonds is 8. The lowest BCUT2D eigenvalue weighted by molar-refractivity contribution is -0.124. The predicted molar refractivity (Wildman–Crippen MR) is 121 cm³/mol. The molecule has 3 rings (SSSR count). The van der Waals surface area contributed by atoms with Crippen molar-refractivity contribution < 1.29 is 19.1 Å². The molecule has 0 N–H and O–H groups in total. The average molecular weight is 446 g/mol. The first kappa shape index (κ1) is 22.2. The average Bonchev–Trinajstić information content (AvgIpc) is 3.01. The molecule has 5 nitrogen and oxygen atoms in total. The Morgan fingerprint density at radius 1 is 1.13 bits per heavy atom. The smallest absolute Gasteiger partial charge is 0.293 e. The molecular formula is C23H24ClNO4S. The van der Waals surface area contributed by atoms with Crippen molar-refractivity contribution in [1.82, 2.24) is 4.90 Å². The van der Waals surface area contributed by atoms with Gasteiger partial charge in [0.15, 0.2) is 11.5 Å². The molecule has 158 valence electrons. The van der Waals surface area contributed by atoms with Gasteiger partial charge in [0.05, 0.1) is 16.5 Å². The standard InChI is InChI=1S/C23H24ClNO4S/c1-4-15(3)25-22(26)20(30-23(25)27)13-17-11-18(24)21(19(12-17)28-5-2)29-14-16-9-7-6-8-10-16/h6-13,15H,4-5,14H2,1-3H3/b20-13+/t15-/m0/s1. The molecule has 0 saturated carbocycles. The lowest BCUT2D eigenvalue weighted by Crippen LogP contribution is -2.36. The van der Waals surface area contributed by atoms with Crippen LogP contribution in [-0.2, 0) is 11.4 Å². The predicted octanol–water partition coefficient (Wildman–Crippen LogP) is 6.15. The fraction of sp³-hybridized carbons (Fsp3) is 0.304. The van der Waals surface area contributed by atoms with E-state index in [0.29, 0.717) is 46.6 Å². The zero-order chi connectivity index (χ0) is 21.7. The fourth-order valence-electron chi connectivity index (χ4n) is 3.00. The topological polar surface area (TPSA) is 55.8 Å². The maximum atomic E-state index is 12.7. The molecular weight excluding hydrogens is 422 g/mol. The molecule has 0 aromatic heterocycles. The van der Waals surface area contributed by atoms with Gasteiger partial charge in [-0.3, -0.25) is 14.5 Å². The van der Waals surface area contributed by atoms with Gasteiger partial charge in [-0.05, 0) is 61.4 Å². The summed E-state index contributed by atoms with van der Waals surface area (Å²) in [6, 6.07) is 13.1. The Labute approximate surface area is 186 Å². The van der Waals surface area contributed by atoms with Crippen LogP contribution in [0.2, 0.25) is 5.02 Å². The van der Waals surface area contributed by atoms with Crippen LogP contribution < -0.4 is 9.47 Å². The molecule has 1 heterocycles. The summed E-state index contributed by atoms with van der Waals surface area (Å²) in [5, 5.41) is 0.129. The van der Waals surface area contributed by atoms with Crippen molar-refractivity contribution in [1.29, 1.82) is 0 Å². The fourth-order valence-corrected chi connectivity index (χ4v) is 4.20. The molecule has 2 amide bonds. The van der Waals surface area contributed by atoms with Gasteiger partial charge in [0.1, 0.15) is 6.61 Å². The molecule has 0 unspecified atom stereocenters. The van der Waals surface area contributed by atoms with E-state index in [4.69, 9.17) is 21.1 Å². The van der Waals surface area contributed by atoms with E-state index in [1.165, 1.54) is 4.90 Å². The number of benzene rings is 2. The van der Waals surface area contributed by atoms with E-state index in [2.05, 4.69) is 0 Å². The van der Waals surface area contributed by atoms with Crippen molar-refractivity contribution in [3.8, 4) is 11.5 Å². The number of halogens is 1. The summed E-state index contributed by atoms with van der Waals surface area (Å²) in [5.41, 5.74) is 1.68. The van der Waals surface area contributed by atoms with Crippen LogP contribution in [0.1, 0.15) is 38.3 Å². The molecule has 0 spiro atoms. The summed E-state index contributed by atoms with van der Waals surface area (Å²) >= 11 is 7.43. The number of hydrogen-bond donors (Lipinski definition) is 0. The maximum absolute atomic E-state index is 12.7. The van der Waals surface area contributed by atoms with Crippen molar-refractivity contribution in [3.63, 3.8) is 0 Å². The third kappa shape index (κ3) is 4.99. The summed E-state index contributed by atoms with van der Waals surface area (Å²) in [6.07, 6.45) is 2.38. The zero-order valence-corrected chi connectivity index (χ0v) is 18.8. The Kier molecular flexibility index (Phi) is 7.45. The van der Waals surface area contributed by atoms with Crippen molar-refractivity contribution in [2.45, 2.75) is 39.8 Å². The first-order chi connectivity index (χ1) is 14.4. The highest BCUT2D eigenvalue weighted by Crippen LogP contribution is 2.40. The SMILES string of the molecule is CCOc1cc(/C=C2/SC(=O)N([C@@H](C)CC)C2=O)cc(Cl)c1OCc1ccccc1. The Hall–Kier alpha value is -2.44. The van der Waals surface area contributed by atoms with Gasteiger partial charge in [-0.15, -0.1) is 0 Å². The summed E-state index contributed by atoms with van der Waals surface area (Å²) in [4.78, 5) is 26.6. The van der Waals surface area contributed by atoms with Crippen molar-refractivity contribution in [3.05, 3.63) is 63.5 Å². The second kappa shape index (κ2) is 10.0. The minimum Gasteiger partial charge on any atom is -0.490 e. The van der Waals surface area contributed by atoms with E-state index in [-0.39, 0.29) is 17.2 Å². The van der Waals surface area contributed by atoms with Gasteiger partial charge in [0.2, 0.25) is 0 Å². The second-order valence-corrected chi connectivity index (χ2v) is 8.25. The second-order valence-electron chi connectivity index (χ2n) is 6.85. The van der Waals surface area contributed by atoms with E-state index in [1.807, 2.05) is 51.1 Å². The monoisotopic (exact) mass is 445 g/mol. The molecule has 7 heteroatoms. The van der Waals surface area contributed by atoms with Crippen molar-refractivity contribution in [2.24, 2.45) is 0 Å². The van der Waals surface area contributed by atoms with Gasteiger partial charge in [0.25, 0.3) is 11.1 Å². The number of nitrogens with zero attached hydrogens (tertiary/aromatic N) is 1. The van der Waals surface area contributed by atoms with Gasteiger partial charge in [-0.1, -0.05) is 48.9 Å². The molecule has 0 aliphatic carbocycles. The van der Waals surface area contributed by atoms with Gasteiger partial charge < -0.3 is 9.47 Å². The van der Waals surface area contributed by atoms with Crippen LogP contribution in [0.5, 0.6) is 11.5 Å². The number of ether oxygens (including phenoxy) is 2. The first-order valence-corrected chi connectivity index (χ1v) is 11.0. The minimum absolute atomic E-state index is 0.139. The van der Waals surface area contributed by atoms with Gasteiger partial charge >= 0.3 is 0 Å². The van der Waals surface area contributed by atoms with Crippen LogP contribution >= 0.6 is 23.4 Å². The molecule has 1 saturated heterocycles. The van der Waals surface area contributed by atoms with E-state index in [9.17, 15) is 9.59 Å². The van der Waals surface area contributed by atoms with Crippen LogP contribution in [0.3, 0.4) is 0 Å². The molecule has 1 atom stereocenters. The molecule has 30 heavy (non-hydrogen) atoms. The Morgan fingerprint density at radius 2 is 1.87 bits per heavy atom. The lowest BCUT2D eigenvalue weighted by Gasteiger charge is -2.19. The first-order valence-electron chi connectivity index (χ1n) is 9.84. The maximum Gasteiger partial charge on any atom is 0.293 e. The van der Waals surface area contributed by atoms with Crippen molar-refractivity contribution in [2.75, 3.05) is 6.61 Å². The molecule has 2 aromatic carbocycles. The molecule has 1 aliphatic rings. The summed E-state index contributed by atoms with van der Waals surface area (Å²) < 4.78 is 11.6. The minimum atomic E-state index is -0.280. The third-order valence-electron chi connectivity index (χ3n) is 4.71. The number of amides is 2. The number of carbonyl (C=O) groups excluding carboxylic acids is 2. The van der Waals surface area contributed by atoms with E-state index in [0.717, 1.165) is 17.3 Å². The quantitative estimate of drug-likeness (QED) is 0.456. The van der Waals surface area contributed by atoms with Crippen LogP contribution in [0.25, 0.3) is 6.08 Å². The van der Waals surface area contributed by atoms with Gasteiger partial charge in [0, 0.05) is 6.04 Å². The third-order valence-corrected chi connectivity index (χ3v) is 5.88. The van der Waals surface area contributed by atoms with Crippen LogP contribution in [-0.4, -0.2) is 28.7 Å². The van der Waals surface area contributed by atoms with Gasteiger partial charge in [-0.2, -0.15) is 0 Å². The Morgan fingerprint density at radius 3 is 2.53 bits per heavy atom. The van der Waals surface area contributed by atoms with Crippen LogP contribution in [0.4, 0.5) is 4.79 Å². The largest absolute Gasteiger partial charge is 0.490 e. The van der Waals surface area contributed by atoms with Gasteiger partial charge in [-0.25, -0.2) is 0 Å². The number of carbonyl (C=O) groups is 2. The van der Waals surface area contributed by atoms with E-state index >= 15 is 0 Å². The summed E-state index contributed by atoms with van der Waals surface area (Å²) in [7, 11) is 0.